The summed E-state index contributed by atoms with van der Waals surface area (Å²) in [5.41, 5.74) is 0.836. The van der Waals surface area contributed by atoms with Gasteiger partial charge in [-0.3, -0.25) is 9.59 Å². The third kappa shape index (κ3) is 3.93. The lowest BCUT2D eigenvalue weighted by Crippen LogP contribution is -2.40. The Hall–Kier alpha value is -2.69. The van der Waals surface area contributed by atoms with Crippen LogP contribution in [0.4, 0.5) is 0 Å². The van der Waals surface area contributed by atoms with Crippen molar-refractivity contribution in [2.45, 2.75) is 18.2 Å². The van der Waals surface area contributed by atoms with Gasteiger partial charge in [0.05, 0.1) is 18.1 Å². The molecule has 3 N–H and O–H groups in total. The first-order chi connectivity index (χ1) is 13.3. The number of H-pyrrole nitrogens is 2. The second-order valence-corrected chi connectivity index (χ2v) is 8.13. The van der Waals surface area contributed by atoms with Crippen LogP contribution in [0.1, 0.15) is 13.3 Å². The van der Waals surface area contributed by atoms with Gasteiger partial charge in [0.2, 0.25) is 10.0 Å². The average Bonchev–Trinajstić information content (AvgIpc) is 3.20. The minimum atomic E-state index is -3.56. The minimum absolute atomic E-state index is 0.221. The smallest absolute Gasteiger partial charge is 0.303 e. The molecule has 0 amide bonds. The number of ether oxygens (including phenoxy) is 1. The number of hydrogen-bond donors (Lipinski definition) is 3. The molecule has 1 saturated heterocycles. The fourth-order valence-electron chi connectivity index (χ4n) is 2.92. The number of aliphatic carboxylic acids is 1. The minimum Gasteiger partial charge on any atom is -0.481 e. The Balaban J connectivity index is 0.000000403. The molecular weight excluding hydrogens is 386 g/mol. The lowest BCUT2D eigenvalue weighted by atomic mass is 10.1. The van der Waals surface area contributed by atoms with E-state index in [1.54, 1.807) is 31.3 Å². The molecule has 3 heterocycles. The molecule has 0 saturated carbocycles. The van der Waals surface area contributed by atoms with Gasteiger partial charge < -0.3 is 19.8 Å². The Kier molecular flexibility index (Phi) is 5.82. The predicted molar refractivity (Wildman–Crippen MR) is 104 cm³/mol. The highest BCUT2D eigenvalue weighted by Crippen LogP contribution is 2.25. The molecule has 2 aromatic heterocycles. The highest BCUT2D eigenvalue weighted by atomic mass is 32.2. The Bertz CT molecular complexity index is 1160. The maximum absolute atomic E-state index is 12.8. The summed E-state index contributed by atoms with van der Waals surface area (Å²) in [5, 5.41) is 9.14. The van der Waals surface area contributed by atoms with Crippen LogP contribution in [0.25, 0.3) is 21.8 Å². The molecule has 9 nitrogen and oxygen atoms in total. The summed E-state index contributed by atoms with van der Waals surface area (Å²) in [6.07, 6.45) is 1.89. The molecule has 0 bridgehead atoms. The number of hydrogen-bond acceptors (Lipinski definition) is 5. The molecule has 28 heavy (non-hydrogen) atoms. The molecule has 0 aliphatic carbocycles. The van der Waals surface area contributed by atoms with Crippen molar-refractivity contribution in [1.82, 2.24) is 14.3 Å². The van der Waals surface area contributed by atoms with Gasteiger partial charge in [-0.25, -0.2) is 8.42 Å². The van der Waals surface area contributed by atoms with Gasteiger partial charge in [0.25, 0.3) is 5.56 Å². The topological polar surface area (TPSA) is 133 Å². The zero-order valence-electron chi connectivity index (χ0n) is 15.3. The number of aromatic nitrogens is 2. The number of nitrogens with one attached hydrogen (secondary N) is 2. The molecule has 1 aliphatic rings. The number of sulfonamides is 1. The predicted octanol–water partition coefficient (Wildman–Crippen LogP) is 1.51. The van der Waals surface area contributed by atoms with Crippen LogP contribution >= 0.6 is 0 Å². The van der Waals surface area contributed by atoms with Crippen molar-refractivity contribution < 1.29 is 23.1 Å². The third-order valence-corrected chi connectivity index (χ3v) is 6.31. The largest absolute Gasteiger partial charge is 0.481 e. The van der Waals surface area contributed by atoms with Crippen molar-refractivity contribution in [3.05, 3.63) is 40.8 Å². The molecule has 1 aliphatic heterocycles. The molecular formula is C18H21N3O6S. The number of carboxylic acid groups (broad SMARTS) is 1. The molecule has 1 fully saturated rings. The molecule has 0 spiro atoms. The van der Waals surface area contributed by atoms with Crippen LogP contribution in [-0.2, 0) is 19.6 Å². The fraction of sp³-hybridized carbons (Fsp3) is 0.333. The molecule has 10 heteroatoms. The van der Waals surface area contributed by atoms with E-state index in [0.29, 0.717) is 48.1 Å². The quantitative estimate of drug-likeness (QED) is 0.603. The summed E-state index contributed by atoms with van der Waals surface area (Å²) >= 11 is 0. The van der Waals surface area contributed by atoms with Crippen LogP contribution in [0.3, 0.4) is 0 Å². The van der Waals surface area contributed by atoms with Crippen LogP contribution in [0.2, 0.25) is 0 Å². The lowest BCUT2D eigenvalue weighted by molar-refractivity contribution is -0.136. The highest BCUT2D eigenvalue weighted by molar-refractivity contribution is 7.89. The van der Waals surface area contributed by atoms with Crippen molar-refractivity contribution in [1.29, 1.82) is 0 Å². The zero-order valence-corrected chi connectivity index (χ0v) is 16.1. The average molecular weight is 407 g/mol. The Morgan fingerprint density at radius 2 is 1.89 bits per heavy atom. The molecule has 0 unspecified atom stereocenters. The number of carboxylic acids is 1. The van der Waals surface area contributed by atoms with Gasteiger partial charge >= 0.3 is 5.97 Å². The number of fused-ring (bicyclic) bond motifs is 3. The molecule has 1 aromatic carbocycles. The second-order valence-electron chi connectivity index (χ2n) is 6.19. The number of nitrogens with zero attached hydrogens (tertiary/aromatic N) is 1. The molecule has 150 valence electrons. The van der Waals surface area contributed by atoms with Crippen molar-refractivity contribution in [2.24, 2.45) is 0 Å². The van der Waals surface area contributed by atoms with Crippen molar-refractivity contribution >= 4 is 37.8 Å². The van der Waals surface area contributed by atoms with E-state index in [1.807, 2.05) is 0 Å². The van der Waals surface area contributed by atoms with Crippen molar-refractivity contribution in [2.75, 3.05) is 26.3 Å². The van der Waals surface area contributed by atoms with Gasteiger partial charge in [0, 0.05) is 42.0 Å². The molecule has 4 rings (SSSR count). The summed E-state index contributed by atoms with van der Waals surface area (Å²) in [6, 6.07) is 6.56. The van der Waals surface area contributed by atoms with Gasteiger partial charge in [-0.05, 0) is 24.3 Å². The van der Waals surface area contributed by atoms with Gasteiger partial charge in [0.1, 0.15) is 5.52 Å². The summed E-state index contributed by atoms with van der Waals surface area (Å²) in [5.74, 6) is -0.745. The first kappa shape index (κ1) is 20.1. The van der Waals surface area contributed by atoms with Crippen molar-refractivity contribution in [3.63, 3.8) is 0 Å². The number of benzene rings is 1. The third-order valence-electron chi connectivity index (χ3n) is 4.41. The number of aromatic amines is 2. The molecule has 0 atom stereocenters. The van der Waals surface area contributed by atoms with E-state index in [1.165, 1.54) is 10.4 Å². The van der Waals surface area contributed by atoms with E-state index >= 15 is 0 Å². The molecule has 3 aromatic rings. The standard InChI is InChI=1S/C15H15N3O4S.C3H6O2/c19-15-14-11(3-4-16-14)12-9-10(1-2-13(12)17-15)23(20,21)18-5-7-22-8-6-18;1-2-3(4)5/h1-4,9,16H,5-8H2,(H,17,19);2H2,1H3,(H,4,5). The molecule has 0 radical (unpaired) electrons. The van der Waals surface area contributed by atoms with Gasteiger partial charge in [-0.1, -0.05) is 6.92 Å². The van der Waals surface area contributed by atoms with E-state index in [2.05, 4.69) is 9.97 Å². The Morgan fingerprint density at radius 3 is 2.54 bits per heavy atom. The van der Waals surface area contributed by atoms with Gasteiger partial charge in [-0.2, -0.15) is 4.31 Å². The van der Waals surface area contributed by atoms with E-state index in [-0.39, 0.29) is 16.9 Å². The van der Waals surface area contributed by atoms with Crippen LogP contribution in [-0.4, -0.2) is 60.1 Å². The Labute approximate surface area is 161 Å². The van der Waals surface area contributed by atoms with E-state index in [0.717, 1.165) is 0 Å². The first-order valence-electron chi connectivity index (χ1n) is 8.77. The summed E-state index contributed by atoms with van der Waals surface area (Å²) in [7, 11) is -3.56. The summed E-state index contributed by atoms with van der Waals surface area (Å²) in [6.45, 7) is 3.11. The SMILES string of the molecule is CCC(=O)O.O=c1[nH]c2ccc(S(=O)(=O)N3CCOCC3)cc2c2cc[nH]c12. The maximum atomic E-state index is 12.8. The van der Waals surface area contributed by atoms with Crippen LogP contribution < -0.4 is 5.56 Å². The normalized spacial score (nSPS) is 15.3. The van der Waals surface area contributed by atoms with E-state index in [9.17, 15) is 18.0 Å². The van der Waals surface area contributed by atoms with Crippen LogP contribution in [0.15, 0.2) is 40.2 Å². The second kappa shape index (κ2) is 8.13. The van der Waals surface area contributed by atoms with Crippen LogP contribution in [0.5, 0.6) is 0 Å². The maximum Gasteiger partial charge on any atom is 0.303 e. The number of morpholine rings is 1. The van der Waals surface area contributed by atoms with Crippen LogP contribution in [0, 0.1) is 0 Å². The summed E-state index contributed by atoms with van der Waals surface area (Å²) < 4.78 is 32.2. The lowest BCUT2D eigenvalue weighted by Gasteiger charge is -2.26. The summed E-state index contributed by atoms with van der Waals surface area (Å²) in [4.78, 5) is 27.2. The number of pyridine rings is 1. The van der Waals surface area contributed by atoms with E-state index in [4.69, 9.17) is 9.84 Å². The fourth-order valence-corrected chi connectivity index (χ4v) is 4.35. The monoisotopic (exact) mass is 407 g/mol. The van der Waals surface area contributed by atoms with Gasteiger partial charge in [0.15, 0.2) is 0 Å². The number of carbonyl (C=O) groups is 1. The highest BCUT2D eigenvalue weighted by Gasteiger charge is 2.26. The zero-order chi connectivity index (χ0) is 20.3. The van der Waals surface area contributed by atoms with E-state index < -0.39 is 16.0 Å². The Morgan fingerprint density at radius 1 is 1.21 bits per heavy atom. The van der Waals surface area contributed by atoms with Crippen molar-refractivity contribution in [3.8, 4) is 0 Å². The van der Waals surface area contributed by atoms with Gasteiger partial charge in [-0.15, -0.1) is 0 Å². The number of rotatable bonds is 3. The first-order valence-corrected chi connectivity index (χ1v) is 10.2.